The molecule has 1 spiro atoms. The van der Waals surface area contributed by atoms with E-state index in [1.54, 1.807) is 0 Å². The monoisotopic (exact) mass is 238 g/mol. The number of para-hydroxylation sites is 1. The standard InChI is InChI=1S/C16H18N2/c1-17-11-15-13(10-16(17)8-5-9-16)12-6-3-4-7-14(12)18(15)2/h3-4,6-7H,1-2,5,8-11H2/q-2. The third kappa shape index (κ3) is 1.14. The Balaban J connectivity index is 1.94. The van der Waals surface area contributed by atoms with Crippen LogP contribution >= 0.6 is 0 Å². The first-order chi connectivity index (χ1) is 8.71. The van der Waals surface area contributed by atoms with E-state index in [9.17, 15) is 0 Å². The molecule has 94 valence electrons. The maximum atomic E-state index is 4.28. The molecule has 2 aliphatic rings. The quantitative estimate of drug-likeness (QED) is 0.639. The Morgan fingerprint density at radius 1 is 1.11 bits per heavy atom. The second kappa shape index (κ2) is 3.33. The van der Waals surface area contributed by atoms with E-state index in [2.05, 4.69) is 47.8 Å². The van der Waals surface area contributed by atoms with Crippen LogP contribution in [0.15, 0.2) is 24.3 Å². The summed E-state index contributed by atoms with van der Waals surface area (Å²) in [5, 5.41) is 1.39. The van der Waals surface area contributed by atoms with E-state index in [-0.39, 0.29) is 0 Å². The first kappa shape index (κ1) is 10.5. The lowest BCUT2D eigenvalue weighted by Crippen LogP contribution is -2.54. The Bertz CT molecular complexity index is 619. The Hall–Kier alpha value is -1.41. The summed E-state index contributed by atoms with van der Waals surface area (Å²) >= 11 is 0. The number of benzene rings is 1. The minimum atomic E-state index is 0.344. The fourth-order valence-electron chi connectivity index (χ4n) is 3.67. The first-order valence-corrected chi connectivity index (χ1v) is 6.71. The van der Waals surface area contributed by atoms with Crippen LogP contribution in [0.4, 0.5) is 0 Å². The van der Waals surface area contributed by atoms with Crippen LogP contribution in [-0.4, -0.2) is 15.0 Å². The average molecular weight is 238 g/mol. The molecular formula is C16H18N2-2. The van der Waals surface area contributed by atoms with Crippen molar-refractivity contribution in [2.75, 3.05) is 0 Å². The number of rotatable bonds is 0. The smallest absolute Gasteiger partial charge is 0.00408 e. The molecule has 0 bridgehead atoms. The number of hydrogen-bond donors (Lipinski definition) is 0. The molecule has 2 heterocycles. The molecule has 1 aliphatic heterocycles. The van der Waals surface area contributed by atoms with Gasteiger partial charge in [0.25, 0.3) is 0 Å². The molecule has 1 aromatic carbocycles. The Kier molecular flexibility index (Phi) is 1.94. The summed E-state index contributed by atoms with van der Waals surface area (Å²) in [7, 11) is 8.49. The Morgan fingerprint density at radius 3 is 2.61 bits per heavy atom. The average Bonchev–Trinajstić information content (AvgIpc) is 2.61. The minimum absolute atomic E-state index is 0.344. The predicted octanol–water partition coefficient (Wildman–Crippen LogP) is 3.35. The molecule has 1 aliphatic carbocycles. The van der Waals surface area contributed by atoms with Crippen LogP contribution in [-0.2, 0) is 13.0 Å². The molecule has 18 heavy (non-hydrogen) atoms. The molecule has 0 radical (unpaired) electrons. The molecule has 0 unspecified atom stereocenters. The molecule has 2 nitrogen and oxygen atoms in total. The van der Waals surface area contributed by atoms with Gasteiger partial charge in [0.2, 0.25) is 0 Å². The number of aromatic nitrogens is 1. The van der Waals surface area contributed by atoms with Gasteiger partial charge in [0.05, 0.1) is 0 Å². The third-order valence-electron chi connectivity index (χ3n) is 5.00. The van der Waals surface area contributed by atoms with Gasteiger partial charge in [0, 0.05) is 0 Å². The van der Waals surface area contributed by atoms with Gasteiger partial charge in [0.1, 0.15) is 0 Å². The zero-order valence-electron chi connectivity index (χ0n) is 10.7. The van der Waals surface area contributed by atoms with Crippen LogP contribution in [0, 0.1) is 14.1 Å². The highest BCUT2D eigenvalue weighted by Gasteiger charge is 2.40. The van der Waals surface area contributed by atoms with Gasteiger partial charge >= 0.3 is 0 Å². The number of hydrogen-bond acceptors (Lipinski definition) is 1. The maximum Gasteiger partial charge on any atom is -0.00408 e. The van der Waals surface area contributed by atoms with E-state index in [1.165, 1.54) is 41.4 Å². The zero-order valence-corrected chi connectivity index (χ0v) is 10.7. The summed E-state index contributed by atoms with van der Waals surface area (Å²) < 4.78 is 2.11. The zero-order chi connectivity index (χ0) is 12.3. The molecule has 2 heteroatoms. The minimum Gasteiger partial charge on any atom is -0.483 e. The lowest BCUT2D eigenvalue weighted by atomic mass is 9.69. The third-order valence-corrected chi connectivity index (χ3v) is 5.00. The maximum absolute atomic E-state index is 4.28. The van der Waals surface area contributed by atoms with Crippen molar-refractivity contribution >= 4 is 10.9 Å². The van der Waals surface area contributed by atoms with Gasteiger partial charge in [-0.15, -0.1) is 7.05 Å². The van der Waals surface area contributed by atoms with E-state index < -0.39 is 0 Å². The molecule has 1 saturated carbocycles. The summed E-state index contributed by atoms with van der Waals surface area (Å²) in [6.45, 7) is 0.938. The Morgan fingerprint density at radius 2 is 1.89 bits per heavy atom. The lowest BCUT2D eigenvalue weighted by molar-refractivity contribution is 0.0360. The van der Waals surface area contributed by atoms with Crippen molar-refractivity contribution in [2.24, 2.45) is 0 Å². The van der Waals surface area contributed by atoms with Crippen molar-refractivity contribution in [3.05, 3.63) is 49.6 Å². The van der Waals surface area contributed by atoms with Gasteiger partial charge in [0.15, 0.2) is 0 Å². The molecule has 1 fully saturated rings. The van der Waals surface area contributed by atoms with E-state index in [0.29, 0.717) is 5.54 Å². The molecule has 4 rings (SSSR count). The fraction of sp³-hybridized carbons (Fsp3) is 0.375. The molecule has 0 amide bonds. The molecule has 0 N–H and O–H groups in total. The van der Waals surface area contributed by atoms with Crippen LogP contribution < -0.4 is 0 Å². The summed E-state index contributed by atoms with van der Waals surface area (Å²) in [4.78, 5) is 2.30. The van der Waals surface area contributed by atoms with Crippen LogP contribution in [0.3, 0.4) is 0 Å². The molecule has 1 aromatic heterocycles. The van der Waals surface area contributed by atoms with Crippen molar-refractivity contribution in [1.82, 2.24) is 9.47 Å². The highest BCUT2D eigenvalue weighted by atomic mass is 15.2. The predicted molar refractivity (Wildman–Crippen MR) is 73.9 cm³/mol. The summed E-state index contributed by atoms with van der Waals surface area (Å²) in [6.07, 6.45) is 5.10. The lowest BCUT2D eigenvalue weighted by Gasteiger charge is -2.58. The summed E-state index contributed by atoms with van der Waals surface area (Å²) in [6, 6.07) is 8.63. The second-order valence-electron chi connectivity index (χ2n) is 5.82. The summed E-state index contributed by atoms with van der Waals surface area (Å²) in [5.41, 5.74) is 4.47. The van der Waals surface area contributed by atoms with Crippen LogP contribution in [0.5, 0.6) is 0 Å². The van der Waals surface area contributed by atoms with Crippen molar-refractivity contribution in [3.8, 4) is 0 Å². The van der Waals surface area contributed by atoms with Gasteiger partial charge in [-0.05, 0) is 37.8 Å². The van der Waals surface area contributed by atoms with Gasteiger partial charge in [-0.3, -0.25) is 7.05 Å². The van der Waals surface area contributed by atoms with Gasteiger partial charge < -0.3 is 9.47 Å². The largest absolute Gasteiger partial charge is 0.483 e. The summed E-state index contributed by atoms with van der Waals surface area (Å²) in [5.74, 6) is 0. The first-order valence-electron chi connectivity index (χ1n) is 6.71. The highest BCUT2D eigenvalue weighted by molar-refractivity contribution is 5.86. The molecule has 0 atom stereocenters. The van der Waals surface area contributed by atoms with Crippen LogP contribution in [0.1, 0.15) is 30.5 Å². The van der Waals surface area contributed by atoms with Gasteiger partial charge in [-0.1, -0.05) is 46.4 Å². The van der Waals surface area contributed by atoms with Crippen molar-refractivity contribution in [1.29, 1.82) is 0 Å². The molecule has 0 saturated heterocycles. The highest BCUT2D eigenvalue weighted by Crippen LogP contribution is 2.46. The van der Waals surface area contributed by atoms with Gasteiger partial charge in [-0.2, -0.15) is 0 Å². The fourth-order valence-corrected chi connectivity index (χ4v) is 3.67. The normalized spacial score (nSPS) is 22.1. The van der Waals surface area contributed by atoms with E-state index in [0.717, 1.165) is 13.0 Å². The van der Waals surface area contributed by atoms with Gasteiger partial charge in [-0.25, -0.2) is 0 Å². The number of nitrogens with zero attached hydrogens (tertiary/aromatic N) is 2. The second-order valence-corrected chi connectivity index (χ2v) is 5.82. The van der Waals surface area contributed by atoms with Crippen LogP contribution in [0.2, 0.25) is 0 Å². The SMILES string of the molecule is [CH2-]N1Cc2c(c3ccccc3n2[CH2-])CC12CCC2. The van der Waals surface area contributed by atoms with Crippen molar-refractivity contribution in [3.63, 3.8) is 0 Å². The molecule has 2 aromatic rings. The van der Waals surface area contributed by atoms with Crippen molar-refractivity contribution < 1.29 is 0 Å². The Labute approximate surface area is 108 Å². The van der Waals surface area contributed by atoms with E-state index in [4.69, 9.17) is 0 Å². The van der Waals surface area contributed by atoms with E-state index >= 15 is 0 Å². The topological polar surface area (TPSA) is 8.17 Å². The molecular weight excluding hydrogens is 220 g/mol. The van der Waals surface area contributed by atoms with Crippen molar-refractivity contribution in [2.45, 2.75) is 37.8 Å². The number of fused-ring (bicyclic) bond motifs is 3. The van der Waals surface area contributed by atoms with Crippen LogP contribution in [0.25, 0.3) is 10.9 Å². The van der Waals surface area contributed by atoms with E-state index in [1.807, 2.05) is 0 Å².